The summed E-state index contributed by atoms with van der Waals surface area (Å²) in [6, 6.07) is 9.22. The third kappa shape index (κ3) is 2.28. The van der Waals surface area contributed by atoms with Gasteiger partial charge in [-0.2, -0.15) is 0 Å². The summed E-state index contributed by atoms with van der Waals surface area (Å²) < 4.78 is 24.0. The lowest BCUT2D eigenvalue weighted by Crippen LogP contribution is -2.20. The molecule has 5 nitrogen and oxygen atoms in total. The molecule has 6 heteroatoms. The normalized spacial score (nSPS) is 11.4. The van der Waals surface area contributed by atoms with Gasteiger partial charge in [-0.15, -0.1) is 0 Å². The van der Waals surface area contributed by atoms with Gasteiger partial charge in [-0.25, -0.2) is 8.42 Å². The van der Waals surface area contributed by atoms with Crippen molar-refractivity contribution in [2.75, 3.05) is 12.0 Å². The smallest absolute Gasteiger partial charge is 0.278 e. The molecular weight excluding hydrogens is 252 g/mol. The Balaban J connectivity index is 2.54. The molecule has 0 spiro atoms. The third-order valence-electron chi connectivity index (χ3n) is 2.52. The minimum absolute atomic E-state index is 0.143. The summed E-state index contributed by atoms with van der Waals surface area (Å²) in [6.45, 7) is 0. The first-order valence-corrected chi connectivity index (χ1v) is 7.06. The van der Waals surface area contributed by atoms with Gasteiger partial charge < -0.3 is 5.73 Å². The van der Waals surface area contributed by atoms with E-state index in [2.05, 4.69) is 0 Å². The van der Waals surface area contributed by atoms with Crippen molar-refractivity contribution < 1.29 is 8.42 Å². The van der Waals surface area contributed by atoms with Crippen LogP contribution in [0.25, 0.3) is 5.69 Å². The van der Waals surface area contributed by atoms with Crippen LogP contribution in [0, 0.1) is 0 Å². The number of hydrogen-bond acceptors (Lipinski definition) is 4. The highest BCUT2D eigenvalue weighted by Gasteiger charge is 2.07. The topological polar surface area (TPSA) is 82.2 Å². The fourth-order valence-electron chi connectivity index (χ4n) is 1.57. The minimum Gasteiger partial charge on any atom is -0.394 e. The summed E-state index contributed by atoms with van der Waals surface area (Å²) in [4.78, 5) is 12.0. The summed E-state index contributed by atoms with van der Waals surface area (Å²) in [7, 11) is -3.23. The molecule has 0 bridgehead atoms. The molecule has 0 aliphatic rings. The molecular formula is C12H12N2O3S. The first-order valence-electron chi connectivity index (χ1n) is 5.17. The van der Waals surface area contributed by atoms with Crippen molar-refractivity contribution >= 4 is 15.5 Å². The van der Waals surface area contributed by atoms with Crippen LogP contribution >= 0.6 is 0 Å². The van der Waals surface area contributed by atoms with Crippen LogP contribution in [0.4, 0.5) is 5.69 Å². The Kier molecular flexibility index (Phi) is 2.96. The highest BCUT2D eigenvalue weighted by atomic mass is 32.2. The predicted octanol–water partition coefficient (Wildman–Crippen LogP) is 0.823. The quantitative estimate of drug-likeness (QED) is 0.870. The van der Waals surface area contributed by atoms with Gasteiger partial charge in [0, 0.05) is 18.1 Å². The second-order valence-electron chi connectivity index (χ2n) is 3.90. The summed E-state index contributed by atoms with van der Waals surface area (Å²) in [5, 5.41) is 0. The Hall–Kier alpha value is -2.08. The number of pyridine rings is 1. The fraction of sp³-hybridized carbons (Fsp3) is 0.0833. The van der Waals surface area contributed by atoms with E-state index in [1.807, 2.05) is 0 Å². The Morgan fingerprint density at radius 1 is 1.11 bits per heavy atom. The largest absolute Gasteiger partial charge is 0.394 e. The average Bonchev–Trinajstić information content (AvgIpc) is 2.32. The zero-order valence-corrected chi connectivity index (χ0v) is 10.5. The maximum atomic E-state index is 11.8. The van der Waals surface area contributed by atoms with Crippen LogP contribution < -0.4 is 11.3 Å². The molecule has 0 fully saturated rings. The number of nitrogen functional groups attached to an aromatic ring is 1. The Morgan fingerprint density at radius 3 is 2.28 bits per heavy atom. The van der Waals surface area contributed by atoms with E-state index in [-0.39, 0.29) is 16.1 Å². The van der Waals surface area contributed by atoms with Crippen LogP contribution in [0.5, 0.6) is 0 Å². The van der Waals surface area contributed by atoms with Crippen molar-refractivity contribution in [2.45, 2.75) is 4.90 Å². The van der Waals surface area contributed by atoms with E-state index in [4.69, 9.17) is 5.73 Å². The molecule has 2 rings (SSSR count). The van der Waals surface area contributed by atoms with E-state index in [1.165, 1.54) is 22.8 Å². The first kappa shape index (κ1) is 12.4. The number of rotatable bonds is 2. The average molecular weight is 264 g/mol. The third-order valence-corrected chi connectivity index (χ3v) is 3.65. The zero-order valence-electron chi connectivity index (χ0n) is 9.70. The number of benzene rings is 1. The van der Waals surface area contributed by atoms with Gasteiger partial charge in [0.15, 0.2) is 9.84 Å². The number of anilines is 1. The van der Waals surface area contributed by atoms with Crippen LogP contribution in [0.2, 0.25) is 0 Å². The fourth-order valence-corrected chi connectivity index (χ4v) is 2.20. The van der Waals surface area contributed by atoms with Gasteiger partial charge in [0.1, 0.15) is 0 Å². The summed E-state index contributed by atoms with van der Waals surface area (Å²) in [5.41, 5.74) is 5.91. The van der Waals surface area contributed by atoms with Gasteiger partial charge >= 0.3 is 0 Å². The first-order chi connectivity index (χ1) is 8.39. The molecule has 0 saturated heterocycles. The van der Waals surface area contributed by atoms with E-state index in [0.717, 1.165) is 6.26 Å². The maximum absolute atomic E-state index is 11.8. The molecule has 0 atom stereocenters. The van der Waals surface area contributed by atoms with E-state index in [1.54, 1.807) is 24.4 Å². The Bertz CT molecular complexity index is 731. The zero-order chi connectivity index (χ0) is 13.3. The summed E-state index contributed by atoms with van der Waals surface area (Å²) in [5.74, 6) is 0. The maximum Gasteiger partial charge on any atom is 0.278 e. The van der Waals surface area contributed by atoms with Crippen molar-refractivity contribution in [3.05, 3.63) is 52.9 Å². The highest BCUT2D eigenvalue weighted by Crippen LogP contribution is 2.12. The van der Waals surface area contributed by atoms with Crippen LogP contribution in [0.15, 0.2) is 52.3 Å². The lowest BCUT2D eigenvalue weighted by molar-refractivity contribution is 0.602. The molecule has 18 heavy (non-hydrogen) atoms. The number of nitrogens with zero attached hydrogens (tertiary/aromatic N) is 1. The SMILES string of the molecule is CS(=O)(=O)c1ccc(-n2cccc(N)c2=O)cc1. The van der Waals surface area contributed by atoms with Crippen LogP contribution in [0.1, 0.15) is 0 Å². The highest BCUT2D eigenvalue weighted by molar-refractivity contribution is 7.90. The minimum atomic E-state index is -3.23. The molecule has 1 aromatic carbocycles. The lowest BCUT2D eigenvalue weighted by atomic mass is 10.3. The number of sulfone groups is 1. The number of aromatic nitrogens is 1. The number of hydrogen-bond donors (Lipinski definition) is 1. The number of nitrogens with two attached hydrogens (primary N) is 1. The van der Waals surface area contributed by atoms with Gasteiger partial charge in [-0.05, 0) is 36.4 Å². The lowest BCUT2D eigenvalue weighted by Gasteiger charge is -2.06. The Morgan fingerprint density at radius 2 is 1.72 bits per heavy atom. The molecule has 0 aliphatic heterocycles. The van der Waals surface area contributed by atoms with E-state index in [9.17, 15) is 13.2 Å². The van der Waals surface area contributed by atoms with Gasteiger partial charge in [0.25, 0.3) is 5.56 Å². The van der Waals surface area contributed by atoms with Gasteiger partial charge in [-0.1, -0.05) is 0 Å². The second kappa shape index (κ2) is 4.30. The van der Waals surface area contributed by atoms with E-state index < -0.39 is 9.84 Å². The van der Waals surface area contributed by atoms with Crippen LogP contribution in [-0.2, 0) is 9.84 Å². The van der Waals surface area contributed by atoms with Crippen molar-refractivity contribution in [3.8, 4) is 5.69 Å². The molecule has 1 heterocycles. The standard InChI is InChI=1S/C12H12N2O3S/c1-18(16,17)10-6-4-9(5-7-10)14-8-2-3-11(13)12(14)15/h2-8H,13H2,1H3. The summed E-state index contributed by atoms with van der Waals surface area (Å²) >= 11 is 0. The van der Waals surface area contributed by atoms with Crippen molar-refractivity contribution in [3.63, 3.8) is 0 Å². The monoisotopic (exact) mass is 264 g/mol. The van der Waals surface area contributed by atoms with Crippen molar-refractivity contribution in [1.82, 2.24) is 4.57 Å². The van der Waals surface area contributed by atoms with Gasteiger partial charge in [-0.3, -0.25) is 9.36 Å². The van der Waals surface area contributed by atoms with Crippen molar-refractivity contribution in [1.29, 1.82) is 0 Å². The Labute approximate surface area is 104 Å². The molecule has 1 aromatic heterocycles. The molecule has 94 valence electrons. The van der Waals surface area contributed by atoms with Crippen LogP contribution in [-0.4, -0.2) is 19.2 Å². The molecule has 0 aliphatic carbocycles. The molecule has 0 saturated carbocycles. The molecule has 2 N–H and O–H groups in total. The summed E-state index contributed by atoms with van der Waals surface area (Å²) in [6.07, 6.45) is 2.71. The second-order valence-corrected chi connectivity index (χ2v) is 5.92. The van der Waals surface area contributed by atoms with E-state index >= 15 is 0 Å². The molecule has 0 amide bonds. The van der Waals surface area contributed by atoms with Crippen molar-refractivity contribution in [2.24, 2.45) is 0 Å². The van der Waals surface area contributed by atoms with E-state index in [0.29, 0.717) is 5.69 Å². The van der Waals surface area contributed by atoms with Gasteiger partial charge in [0.05, 0.1) is 10.6 Å². The molecule has 0 unspecified atom stereocenters. The molecule has 2 aromatic rings. The predicted molar refractivity (Wildman–Crippen MR) is 69.6 cm³/mol. The van der Waals surface area contributed by atoms with Gasteiger partial charge in [0.2, 0.25) is 0 Å². The molecule has 0 radical (unpaired) electrons. The van der Waals surface area contributed by atoms with Crippen LogP contribution in [0.3, 0.4) is 0 Å².